The van der Waals surface area contributed by atoms with Gasteiger partial charge in [-0.15, -0.1) is 0 Å². The molecule has 1 aliphatic carbocycles. The van der Waals surface area contributed by atoms with E-state index in [0.29, 0.717) is 13.0 Å². The van der Waals surface area contributed by atoms with Gasteiger partial charge in [-0.2, -0.15) is 0 Å². The van der Waals surface area contributed by atoms with Crippen LogP contribution in [-0.4, -0.2) is 52.3 Å². The van der Waals surface area contributed by atoms with Crippen molar-refractivity contribution in [2.24, 2.45) is 11.3 Å². The lowest BCUT2D eigenvalue weighted by atomic mass is 9.81. The van der Waals surface area contributed by atoms with E-state index in [1.54, 1.807) is 4.90 Å². The number of hydrogen-bond donors (Lipinski definition) is 2. The number of carbonyl (C=O) groups is 3. The van der Waals surface area contributed by atoms with Crippen molar-refractivity contribution in [1.29, 1.82) is 0 Å². The third kappa shape index (κ3) is 3.62. The van der Waals surface area contributed by atoms with Crippen molar-refractivity contribution in [2.45, 2.75) is 25.7 Å². The molecule has 0 radical (unpaired) electrons. The van der Waals surface area contributed by atoms with Crippen molar-refractivity contribution in [3.8, 4) is 0 Å². The van der Waals surface area contributed by atoms with Crippen molar-refractivity contribution in [1.82, 2.24) is 10.2 Å². The maximum atomic E-state index is 12.4. The van der Waals surface area contributed by atoms with Gasteiger partial charge in [0.05, 0.1) is 10.3 Å². The molecule has 27 heavy (non-hydrogen) atoms. The van der Waals surface area contributed by atoms with E-state index < -0.39 is 22.2 Å². The lowest BCUT2D eigenvalue weighted by Crippen LogP contribution is -2.38. The lowest BCUT2D eigenvalue weighted by molar-refractivity contribution is -0.384. The fourth-order valence-corrected chi connectivity index (χ4v) is 4.11. The molecular formula is C18H21N3O6. The van der Waals surface area contributed by atoms with E-state index in [0.717, 1.165) is 12.8 Å². The number of benzene rings is 1. The number of aliphatic carboxylic acids is 1. The zero-order valence-electron chi connectivity index (χ0n) is 14.7. The molecule has 2 aliphatic rings. The molecule has 9 nitrogen and oxygen atoms in total. The molecule has 1 heterocycles. The molecule has 3 rings (SSSR count). The summed E-state index contributed by atoms with van der Waals surface area (Å²) < 4.78 is 0. The second kappa shape index (κ2) is 7.34. The average molecular weight is 375 g/mol. The molecule has 9 heteroatoms. The number of nitrogens with one attached hydrogen (secondary N) is 1. The van der Waals surface area contributed by atoms with Crippen molar-refractivity contribution < 1.29 is 24.4 Å². The molecule has 0 aromatic heterocycles. The number of carboxylic acid groups (broad SMARTS) is 1. The summed E-state index contributed by atoms with van der Waals surface area (Å²) in [7, 11) is 0. The van der Waals surface area contributed by atoms with Gasteiger partial charge in [-0.05, 0) is 30.9 Å². The van der Waals surface area contributed by atoms with Crippen LogP contribution in [0.3, 0.4) is 0 Å². The molecule has 2 atom stereocenters. The first-order valence-corrected chi connectivity index (χ1v) is 8.87. The number of likely N-dealkylation sites (tertiary alicyclic amines) is 1. The third-order valence-electron chi connectivity index (χ3n) is 5.61. The zero-order chi connectivity index (χ0) is 19.6. The van der Waals surface area contributed by atoms with E-state index in [1.165, 1.54) is 24.3 Å². The van der Waals surface area contributed by atoms with Gasteiger partial charge in [0.15, 0.2) is 0 Å². The van der Waals surface area contributed by atoms with Gasteiger partial charge in [0.1, 0.15) is 0 Å². The van der Waals surface area contributed by atoms with Gasteiger partial charge in [0, 0.05) is 43.8 Å². The molecule has 2 fully saturated rings. The van der Waals surface area contributed by atoms with E-state index in [-0.39, 0.29) is 42.6 Å². The number of nitrogens with zero attached hydrogens (tertiary/aromatic N) is 2. The second-order valence-electron chi connectivity index (χ2n) is 7.13. The summed E-state index contributed by atoms with van der Waals surface area (Å²) in [5.41, 5.74) is -0.639. The van der Waals surface area contributed by atoms with Crippen molar-refractivity contribution in [3.05, 3.63) is 39.9 Å². The van der Waals surface area contributed by atoms with Crippen LogP contribution in [0.2, 0.25) is 0 Å². The van der Waals surface area contributed by atoms with Gasteiger partial charge in [0.2, 0.25) is 5.91 Å². The quantitative estimate of drug-likeness (QED) is 0.571. The van der Waals surface area contributed by atoms with Crippen molar-refractivity contribution in [2.75, 3.05) is 19.6 Å². The predicted molar refractivity (Wildman–Crippen MR) is 94.0 cm³/mol. The molecule has 2 N–H and O–H groups in total. The number of non-ortho nitro benzene ring substituents is 1. The van der Waals surface area contributed by atoms with Crippen molar-refractivity contribution in [3.63, 3.8) is 0 Å². The first-order chi connectivity index (χ1) is 12.8. The largest absolute Gasteiger partial charge is 0.481 e. The Balaban J connectivity index is 1.49. The van der Waals surface area contributed by atoms with Gasteiger partial charge >= 0.3 is 5.97 Å². The van der Waals surface area contributed by atoms with E-state index >= 15 is 0 Å². The molecule has 0 spiro atoms. The number of carboxylic acids is 1. The summed E-state index contributed by atoms with van der Waals surface area (Å²) in [4.78, 5) is 47.8. The lowest BCUT2D eigenvalue weighted by Gasteiger charge is -2.23. The van der Waals surface area contributed by atoms with E-state index in [4.69, 9.17) is 0 Å². The Bertz CT molecular complexity index is 778. The zero-order valence-corrected chi connectivity index (χ0v) is 14.7. The van der Waals surface area contributed by atoms with Crippen LogP contribution < -0.4 is 5.32 Å². The highest BCUT2D eigenvalue weighted by atomic mass is 16.6. The minimum atomic E-state index is -0.827. The first-order valence-electron chi connectivity index (χ1n) is 8.87. The Morgan fingerprint density at radius 2 is 2.00 bits per heavy atom. The van der Waals surface area contributed by atoms with E-state index in [1.807, 2.05) is 0 Å². The summed E-state index contributed by atoms with van der Waals surface area (Å²) in [5, 5.41) is 22.8. The van der Waals surface area contributed by atoms with Gasteiger partial charge in [0.25, 0.3) is 11.6 Å². The molecule has 1 saturated heterocycles. The number of nitro groups is 1. The Kier molecular flexibility index (Phi) is 5.11. The maximum Gasteiger partial charge on any atom is 0.311 e. The summed E-state index contributed by atoms with van der Waals surface area (Å²) in [6.07, 6.45) is 2.39. The molecular weight excluding hydrogens is 354 g/mol. The number of rotatable bonds is 6. The number of amides is 2. The topological polar surface area (TPSA) is 130 Å². The number of hydrogen-bond acceptors (Lipinski definition) is 5. The summed E-state index contributed by atoms with van der Waals surface area (Å²) >= 11 is 0. The highest BCUT2D eigenvalue weighted by molar-refractivity contribution is 5.94. The fourth-order valence-electron chi connectivity index (χ4n) is 4.11. The summed E-state index contributed by atoms with van der Waals surface area (Å²) in [6, 6.07) is 5.20. The Morgan fingerprint density at radius 1 is 1.30 bits per heavy atom. The molecule has 1 aliphatic heterocycles. The predicted octanol–water partition coefficient (Wildman–Crippen LogP) is 1.43. The van der Waals surface area contributed by atoms with Gasteiger partial charge in [-0.3, -0.25) is 24.5 Å². The Hall–Kier alpha value is -2.97. The van der Waals surface area contributed by atoms with Crippen LogP contribution in [0.25, 0.3) is 0 Å². The highest BCUT2D eigenvalue weighted by Gasteiger charge is 2.55. The van der Waals surface area contributed by atoms with Crippen LogP contribution in [0.4, 0.5) is 5.69 Å². The van der Waals surface area contributed by atoms with Gasteiger partial charge in [-0.25, -0.2) is 0 Å². The van der Waals surface area contributed by atoms with Gasteiger partial charge < -0.3 is 15.3 Å². The number of fused-ring (bicyclic) bond motifs is 1. The molecule has 1 saturated carbocycles. The summed E-state index contributed by atoms with van der Waals surface area (Å²) in [6.45, 7) is 0.819. The maximum absolute atomic E-state index is 12.4. The molecule has 0 bridgehead atoms. The van der Waals surface area contributed by atoms with Crippen LogP contribution in [0, 0.1) is 21.4 Å². The second-order valence-corrected chi connectivity index (χ2v) is 7.13. The normalized spacial score (nSPS) is 23.7. The van der Waals surface area contributed by atoms with Crippen LogP contribution in [0.1, 0.15) is 36.0 Å². The summed E-state index contributed by atoms with van der Waals surface area (Å²) in [5.74, 6) is -1.41. The first kappa shape index (κ1) is 18.8. The van der Waals surface area contributed by atoms with E-state index in [2.05, 4.69) is 5.32 Å². The Labute approximate surface area is 155 Å². The fraction of sp³-hybridized carbons (Fsp3) is 0.500. The average Bonchev–Trinajstić information content (AvgIpc) is 3.20. The van der Waals surface area contributed by atoms with Crippen LogP contribution in [-0.2, 0) is 9.59 Å². The third-order valence-corrected chi connectivity index (χ3v) is 5.61. The van der Waals surface area contributed by atoms with E-state index in [9.17, 15) is 29.6 Å². The molecule has 1 aromatic carbocycles. The highest BCUT2D eigenvalue weighted by Crippen LogP contribution is 2.48. The van der Waals surface area contributed by atoms with Crippen LogP contribution >= 0.6 is 0 Å². The van der Waals surface area contributed by atoms with Gasteiger partial charge in [-0.1, -0.05) is 6.42 Å². The molecule has 2 amide bonds. The molecule has 144 valence electrons. The number of nitro benzene ring substituents is 1. The molecule has 0 unspecified atom stereocenters. The standard InChI is InChI=1S/C18H21N3O6/c22-15(20-10-13-2-1-8-18(13,11-20)17(24)25)7-9-19-16(23)12-3-5-14(6-4-12)21(26)27/h3-6,13H,1-2,7-11H2,(H,19,23)(H,24,25)/t13-,18+/m0/s1. The van der Waals surface area contributed by atoms with Crippen LogP contribution in [0.5, 0.6) is 0 Å². The minimum absolute atomic E-state index is 0.00801. The smallest absolute Gasteiger partial charge is 0.311 e. The monoisotopic (exact) mass is 375 g/mol. The molecule has 1 aromatic rings. The minimum Gasteiger partial charge on any atom is -0.481 e. The number of carbonyl (C=O) groups excluding carboxylic acids is 2. The Morgan fingerprint density at radius 3 is 2.59 bits per heavy atom. The van der Waals surface area contributed by atoms with Crippen molar-refractivity contribution >= 4 is 23.5 Å². The van der Waals surface area contributed by atoms with Crippen LogP contribution in [0.15, 0.2) is 24.3 Å². The SMILES string of the molecule is O=C(NCCC(=O)N1C[C@@H]2CCC[C@@]2(C(=O)O)C1)c1ccc([N+](=O)[O-])cc1.